The first kappa shape index (κ1) is 11.1. The lowest BCUT2D eigenvalue weighted by Crippen LogP contribution is -2.26. The summed E-state index contributed by atoms with van der Waals surface area (Å²) in [6.45, 7) is 5.41. The van der Waals surface area contributed by atoms with Crippen LogP contribution in [0.5, 0.6) is 0 Å². The van der Waals surface area contributed by atoms with Gasteiger partial charge in [0.05, 0.1) is 0 Å². The van der Waals surface area contributed by atoms with Gasteiger partial charge in [-0.05, 0) is 38.2 Å². The van der Waals surface area contributed by atoms with Gasteiger partial charge in [0.2, 0.25) is 0 Å². The second-order valence-electron chi connectivity index (χ2n) is 4.28. The molecule has 1 heterocycles. The monoisotopic (exact) mass is 224 g/mol. The Morgan fingerprint density at radius 2 is 2.33 bits per heavy atom. The van der Waals surface area contributed by atoms with Crippen molar-refractivity contribution in [1.29, 1.82) is 0 Å². The van der Waals surface area contributed by atoms with E-state index in [2.05, 4.69) is 41.4 Å². The van der Waals surface area contributed by atoms with Crippen molar-refractivity contribution in [3.05, 3.63) is 24.0 Å². The molecule has 0 saturated heterocycles. The van der Waals surface area contributed by atoms with Crippen molar-refractivity contribution in [2.75, 3.05) is 12.8 Å². The van der Waals surface area contributed by atoms with Crippen molar-refractivity contribution < 1.29 is 0 Å². The lowest BCUT2D eigenvalue weighted by Gasteiger charge is -2.13. The van der Waals surface area contributed by atoms with Gasteiger partial charge in [-0.15, -0.1) is 0 Å². The zero-order chi connectivity index (χ0) is 10.7. The van der Waals surface area contributed by atoms with Crippen LogP contribution in [-0.2, 0) is 13.1 Å². The molecule has 0 radical (unpaired) electrons. The van der Waals surface area contributed by atoms with E-state index in [1.807, 2.05) is 11.8 Å². The summed E-state index contributed by atoms with van der Waals surface area (Å²) in [4.78, 5) is 0. The maximum atomic E-state index is 3.57. The normalized spacial score (nSPS) is 18.0. The van der Waals surface area contributed by atoms with Crippen molar-refractivity contribution in [3.8, 4) is 0 Å². The molecule has 1 saturated carbocycles. The third kappa shape index (κ3) is 2.58. The second-order valence-corrected chi connectivity index (χ2v) is 5.55. The van der Waals surface area contributed by atoms with Crippen LogP contribution in [-0.4, -0.2) is 22.1 Å². The second kappa shape index (κ2) is 4.62. The van der Waals surface area contributed by atoms with E-state index >= 15 is 0 Å². The molecule has 1 fully saturated rings. The van der Waals surface area contributed by atoms with Crippen LogP contribution in [0.2, 0.25) is 0 Å². The molecule has 0 amide bonds. The molecule has 0 aliphatic heterocycles. The van der Waals surface area contributed by atoms with E-state index < -0.39 is 0 Å². The molecule has 84 valence electrons. The van der Waals surface area contributed by atoms with Gasteiger partial charge in [-0.25, -0.2) is 0 Å². The smallest absolute Gasteiger partial charge is 0.0359 e. The molecule has 1 aliphatic carbocycles. The number of aromatic nitrogens is 1. The fraction of sp³-hybridized carbons (Fsp3) is 0.667. The SMILES string of the molecule is CCn1cccc1CNCC1(SC)CC1. The van der Waals surface area contributed by atoms with Crippen molar-refractivity contribution in [2.24, 2.45) is 0 Å². The number of aryl methyl sites for hydroxylation is 1. The van der Waals surface area contributed by atoms with Gasteiger partial charge in [-0.2, -0.15) is 11.8 Å². The van der Waals surface area contributed by atoms with Gasteiger partial charge in [0.1, 0.15) is 0 Å². The van der Waals surface area contributed by atoms with Crippen molar-refractivity contribution in [3.63, 3.8) is 0 Å². The Morgan fingerprint density at radius 3 is 2.93 bits per heavy atom. The molecule has 15 heavy (non-hydrogen) atoms. The van der Waals surface area contributed by atoms with Crippen LogP contribution in [0.15, 0.2) is 18.3 Å². The Labute approximate surface area is 96.4 Å². The van der Waals surface area contributed by atoms with E-state index in [-0.39, 0.29) is 0 Å². The van der Waals surface area contributed by atoms with Crippen LogP contribution in [0.4, 0.5) is 0 Å². The Kier molecular flexibility index (Phi) is 3.42. The number of hydrogen-bond donors (Lipinski definition) is 1. The molecular weight excluding hydrogens is 204 g/mol. The summed E-state index contributed by atoms with van der Waals surface area (Å²) in [5.74, 6) is 0. The summed E-state index contributed by atoms with van der Waals surface area (Å²) in [6, 6.07) is 4.33. The molecule has 1 aromatic heterocycles. The summed E-state index contributed by atoms with van der Waals surface area (Å²) < 4.78 is 2.87. The fourth-order valence-electron chi connectivity index (χ4n) is 1.93. The molecule has 1 aromatic rings. The first-order valence-electron chi connectivity index (χ1n) is 5.69. The van der Waals surface area contributed by atoms with E-state index in [9.17, 15) is 0 Å². The highest BCUT2D eigenvalue weighted by Gasteiger charge is 2.41. The van der Waals surface area contributed by atoms with E-state index in [1.54, 1.807) is 0 Å². The number of nitrogens with zero attached hydrogens (tertiary/aromatic N) is 1. The molecule has 2 nitrogen and oxygen atoms in total. The Bertz CT molecular complexity index is 315. The van der Waals surface area contributed by atoms with Gasteiger partial charge >= 0.3 is 0 Å². The average Bonchev–Trinajstić information content (AvgIpc) is 2.90. The summed E-state index contributed by atoms with van der Waals surface area (Å²) in [5, 5.41) is 3.57. The number of thioether (sulfide) groups is 1. The number of nitrogens with one attached hydrogen (secondary N) is 1. The third-order valence-corrected chi connectivity index (χ3v) is 4.68. The maximum absolute atomic E-state index is 3.57. The van der Waals surface area contributed by atoms with Crippen LogP contribution in [0, 0.1) is 0 Å². The van der Waals surface area contributed by atoms with Crippen LogP contribution in [0.1, 0.15) is 25.5 Å². The Hall–Kier alpha value is -0.410. The molecule has 0 spiro atoms. The van der Waals surface area contributed by atoms with E-state index in [0.717, 1.165) is 19.6 Å². The molecule has 2 rings (SSSR count). The molecule has 1 aliphatic rings. The van der Waals surface area contributed by atoms with Gasteiger partial charge in [0.25, 0.3) is 0 Å². The molecule has 3 heteroatoms. The third-order valence-electron chi connectivity index (χ3n) is 3.26. The first-order chi connectivity index (χ1) is 7.29. The quantitative estimate of drug-likeness (QED) is 0.799. The summed E-state index contributed by atoms with van der Waals surface area (Å²) in [6.07, 6.45) is 7.15. The number of hydrogen-bond acceptors (Lipinski definition) is 2. The van der Waals surface area contributed by atoms with Crippen LogP contribution < -0.4 is 5.32 Å². The molecule has 0 aromatic carbocycles. The molecule has 0 atom stereocenters. The zero-order valence-electron chi connectivity index (χ0n) is 9.62. The largest absolute Gasteiger partial charge is 0.351 e. The highest BCUT2D eigenvalue weighted by atomic mass is 32.2. The molecule has 1 N–H and O–H groups in total. The lowest BCUT2D eigenvalue weighted by atomic mass is 10.3. The summed E-state index contributed by atoms with van der Waals surface area (Å²) >= 11 is 2.02. The predicted octanol–water partition coefficient (Wildman–Crippen LogP) is 2.49. The minimum absolute atomic E-state index is 0.573. The molecule has 0 bridgehead atoms. The fourth-order valence-corrected chi connectivity index (χ4v) is 2.69. The predicted molar refractivity (Wildman–Crippen MR) is 67.3 cm³/mol. The minimum Gasteiger partial charge on any atom is -0.351 e. The van der Waals surface area contributed by atoms with Gasteiger partial charge in [-0.1, -0.05) is 0 Å². The van der Waals surface area contributed by atoms with Crippen molar-refractivity contribution in [2.45, 2.75) is 37.6 Å². The van der Waals surface area contributed by atoms with Crippen LogP contribution >= 0.6 is 11.8 Å². The summed E-state index contributed by atoms with van der Waals surface area (Å²) in [5.41, 5.74) is 1.40. The van der Waals surface area contributed by atoms with Gasteiger partial charge in [-0.3, -0.25) is 0 Å². The van der Waals surface area contributed by atoms with Crippen molar-refractivity contribution >= 4 is 11.8 Å². The van der Waals surface area contributed by atoms with Crippen molar-refractivity contribution in [1.82, 2.24) is 9.88 Å². The van der Waals surface area contributed by atoms with Gasteiger partial charge in [0, 0.05) is 36.3 Å². The Morgan fingerprint density at radius 1 is 1.53 bits per heavy atom. The lowest BCUT2D eigenvalue weighted by molar-refractivity contribution is 0.616. The highest BCUT2D eigenvalue weighted by molar-refractivity contribution is 8.00. The Balaban J connectivity index is 1.78. The standard InChI is InChI=1S/C12H20N2S/c1-3-14-8-4-5-11(14)9-13-10-12(15-2)6-7-12/h4-5,8,13H,3,6-7,9-10H2,1-2H3. The van der Waals surface area contributed by atoms with Gasteiger partial charge in [0.15, 0.2) is 0 Å². The zero-order valence-corrected chi connectivity index (χ0v) is 10.4. The highest BCUT2D eigenvalue weighted by Crippen LogP contribution is 2.46. The number of rotatable bonds is 6. The molecular formula is C12H20N2S. The first-order valence-corrected chi connectivity index (χ1v) is 6.92. The maximum Gasteiger partial charge on any atom is 0.0359 e. The minimum atomic E-state index is 0.573. The topological polar surface area (TPSA) is 17.0 Å². The average molecular weight is 224 g/mol. The summed E-state index contributed by atoms with van der Waals surface area (Å²) in [7, 11) is 0. The van der Waals surface area contributed by atoms with Crippen LogP contribution in [0.3, 0.4) is 0 Å². The molecule has 0 unspecified atom stereocenters. The van der Waals surface area contributed by atoms with Crippen LogP contribution in [0.25, 0.3) is 0 Å². The van der Waals surface area contributed by atoms with E-state index in [1.165, 1.54) is 18.5 Å². The van der Waals surface area contributed by atoms with E-state index in [0.29, 0.717) is 4.75 Å². The van der Waals surface area contributed by atoms with Gasteiger partial charge < -0.3 is 9.88 Å². The van der Waals surface area contributed by atoms with E-state index in [4.69, 9.17) is 0 Å².